The molecule has 0 bridgehead atoms. The van der Waals surface area contributed by atoms with Gasteiger partial charge in [0, 0.05) is 6.54 Å². The number of hydrogen-bond donors (Lipinski definition) is 6. The van der Waals surface area contributed by atoms with Crippen LogP contribution in [0.15, 0.2) is 4.99 Å². The van der Waals surface area contributed by atoms with E-state index < -0.39 is 30.0 Å². The van der Waals surface area contributed by atoms with Crippen LogP contribution in [0, 0.1) is 16.0 Å². The highest BCUT2D eigenvalue weighted by molar-refractivity contribution is 6.43. The summed E-state index contributed by atoms with van der Waals surface area (Å²) in [5, 5.41) is 33.6. The number of nitro groups is 1. The molecule has 0 unspecified atom stereocenters. The highest BCUT2D eigenvalue weighted by Crippen LogP contribution is 2.07. The van der Waals surface area contributed by atoms with Gasteiger partial charge in [-0.05, 0) is 39.3 Å². The summed E-state index contributed by atoms with van der Waals surface area (Å²) in [7, 11) is 1.67. The fourth-order valence-corrected chi connectivity index (χ4v) is 2.47. The zero-order valence-corrected chi connectivity index (χ0v) is 17.3. The molecule has 0 saturated heterocycles. The summed E-state index contributed by atoms with van der Waals surface area (Å²) >= 11 is 0. The number of nitrogens with zero attached hydrogens (tertiary/aromatic N) is 3. The SMILES string of the molecule is CC(C)C[C@H](NC(=O)[C@H](CCCN=C(N)N[N+](=O)[O-])NC(=O)CN(C)C)B(O)O. The molecule has 13 nitrogen and oxygen atoms in total. The van der Waals surface area contributed by atoms with Gasteiger partial charge in [0.15, 0.2) is 5.03 Å². The number of carbonyl (C=O) groups is 2. The largest absolute Gasteiger partial charge is 0.475 e. The van der Waals surface area contributed by atoms with E-state index in [0.717, 1.165) is 0 Å². The van der Waals surface area contributed by atoms with Crippen molar-refractivity contribution in [1.82, 2.24) is 21.0 Å². The minimum absolute atomic E-state index is 0.0691. The van der Waals surface area contributed by atoms with Gasteiger partial charge >= 0.3 is 7.12 Å². The lowest BCUT2D eigenvalue weighted by Gasteiger charge is -2.24. The van der Waals surface area contributed by atoms with Gasteiger partial charge < -0.3 is 31.3 Å². The van der Waals surface area contributed by atoms with E-state index in [9.17, 15) is 29.8 Å². The molecular weight excluding hydrogens is 385 g/mol. The van der Waals surface area contributed by atoms with E-state index in [4.69, 9.17) is 5.73 Å². The molecule has 0 radical (unpaired) electrons. The van der Waals surface area contributed by atoms with E-state index in [0.29, 0.717) is 12.8 Å². The average molecular weight is 417 g/mol. The maximum Gasteiger partial charge on any atom is 0.475 e. The number of guanidine groups is 1. The number of hydrazine groups is 1. The van der Waals surface area contributed by atoms with Crippen LogP contribution in [0.3, 0.4) is 0 Å². The van der Waals surface area contributed by atoms with Crippen molar-refractivity contribution in [2.75, 3.05) is 27.2 Å². The first-order chi connectivity index (χ1) is 13.4. The molecule has 0 aromatic carbocycles. The summed E-state index contributed by atoms with van der Waals surface area (Å²) in [5.41, 5.74) is 7.02. The maximum atomic E-state index is 12.6. The smallest absolute Gasteiger partial charge is 0.426 e. The third-order valence-corrected chi connectivity index (χ3v) is 3.66. The van der Waals surface area contributed by atoms with Crippen molar-refractivity contribution in [2.24, 2.45) is 16.6 Å². The molecule has 0 aromatic heterocycles. The first-order valence-corrected chi connectivity index (χ1v) is 9.23. The van der Waals surface area contributed by atoms with E-state index in [2.05, 4.69) is 15.6 Å². The molecule has 0 aliphatic carbocycles. The maximum absolute atomic E-state index is 12.6. The van der Waals surface area contributed by atoms with Crippen LogP contribution in [0.5, 0.6) is 0 Å². The molecule has 29 heavy (non-hydrogen) atoms. The van der Waals surface area contributed by atoms with Crippen LogP contribution >= 0.6 is 0 Å². The Morgan fingerprint density at radius 3 is 2.38 bits per heavy atom. The van der Waals surface area contributed by atoms with Crippen LogP contribution in [-0.4, -0.2) is 84.0 Å². The van der Waals surface area contributed by atoms with Gasteiger partial charge in [-0.15, -0.1) is 0 Å². The van der Waals surface area contributed by atoms with Crippen molar-refractivity contribution in [1.29, 1.82) is 0 Å². The quantitative estimate of drug-likeness (QED) is 0.0467. The number of nitrogens with one attached hydrogen (secondary N) is 3. The molecule has 0 rings (SSSR count). The molecule has 14 heteroatoms. The number of carbonyl (C=O) groups excluding carboxylic acids is 2. The Hall–Kier alpha value is -2.45. The zero-order valence-electron chi connectivity index (χ0n) is 17.3. The molecule has 2 amide bonds. The van der Waals surface area contributed by atoms with Crippen molar-refractivity contribution in [3.63, 3.8) is 0 Å². The number of rotatable bonds is 13. The monoisotopic (exact) mass is 417 g/mol. The Bertz CT molecular complexity index is 573. The van der Waals surface area contributed by atoms with Crippen LogP contribution in [0.2, 0.25) is 0 Å². The van der Waals surface area contributed by atoms with E-state index in [1.165, 1.54) is 0 Å². The normalized spacial score (nSPS) is 13.7. The molecule has 0 heterocycles. The predicted octanol–water partition coefficient (Wildman–Crippen LogP) is -2.55. The Morgan fingerprint density at radius 2 is 1.90 bits per heavy atom. The minimum atomic E-state index is -1.74. The molecule has 7 N–H and O–H groups in total. The minimum Gasteiger partial charge on any atom is -0.426 e. The third kappa shape index (κ3) is 13.4. The second-order valence-corrected chi connectivity index (χ2v) is 7.29. The van der Waals surface area contributed by atoms with Gasteiger partial charge in [-0.3, -0.25) is 9.59 Å². The van der Waals surface area contributed by atoms with Gasteiger partial charge in [0.05, 0.1) is 12.5 Å². The number of hydrogen-bond acceptors (Lipinski definition) is 8. The van der Waals surface area contributed by atoms with E-state index in [1.807, 2.05) is 13.8 Å². The fourth-order valence-electron chi connectivity index (χ4n) is 2.47. The molecule has 0 aliphatic heterocycles. The average Bonchev–Trinajstić information content (AvgIpc) is 2.54. The predicted molar refractivity (Wildman–Crippen MR) is 108 cm³/mol. The van der Waals surface area contributed by atoms with Gasteiger partial charge in [0.25, 0.3) is 5.96 Å². The number of aliphatic imine (C=N–C) groups is 1. The molecule has 0 fully saturated rings. The first-order valence-electron chi connectivity index (χ1n) is 9.23. The Labute approximate surface area is 170 Å². The Balaban J connectivity index is 5.00. The van der Waals surface area contributed by atoms with Crippen molar-refractivity contribution in [3.05, 3.63) is 10.1 Å². The lowest BCUT2D eigenvalue weighted by atomic mass is 9.75. The molecule has 0 spiro atoms. The van der Waals surface area contributed by atoms with E-state index in [-0.39, 0.29) is 37.3 Å². The molecule has 0 aromatic rings. The Kier molecular flexibility index (Phi) is 12.5. The second-order valence-electron chi connectivity index (χ2n) is 7.29. The summed E-state index contributed by atoms with van der Waals surface area (Å²) in [5.74, 6) is -2.08. The number of nitrogens with two attached hydrogens (primary N) is 1. The molecule has 0 saturated carbocycles. The third-order valence-electron chi connectivity index (χ3n) is 3.66. The highest BCUT2D eigenvalue weighted by Gasteiger charge is 2.29. The topological polar surface area (TPSA) is 195 Å². The highest BCUT2D eigenvalue weighted by atomic mass is 16.7. The fraction of sp³-hybridized carbons (Fsp3) is 0.800. The second kappa shape index (κ2) is 13.7. The van der Waals surface area contributed by atoms with Crippen LogP contribution in [-0.2, 0) is 9.59 Å². The van der Waals surface area contributed by atoms with Crippen molar-refractivity contribution < 1.29 is 24.7 Å². The van der Waals surface area contributed by atoms with Crippen LogP contribution in [0.25, 0.3) is 0 Å². The Morgan fingerprint density at radius 1 is 1.28 bits per heavy atom. The molecular formula is C15H32BN7O6. The number of likely N-dealkylation sites (N-methyl/N-ethyl adjacent to an activating group) is 1. The van der Waals surface area contributed by atoms with Gasteiger partial charge in [0.2, 0.25) is 11.8 Å². The van der Waals surface area contributed by atoms with Crippen LogP contribution in [0.4, 0.5) is 0 Å². The lowest BCUT2D eigenvalue weighted by molar-refractivity contribution is -0.525. The molecule has 2 atom stereocenters. The van der Waals surface area contributed by atoms with Crippen molar-refractivity contribution in [2.45, 2.75) is 45.1 Å². The van der Waals surface area contributed by atoms with Crippen molar-refractivity contribution >= 4 is 24.9 Å². The summed E-state index contributed by atoms with van der Waals surface area (Å²) in [4.78, 5) is 40.3. The number of amides is 2. The van der Waals surface area contributed by atoms with Gasteiger partial charge in [-0.1, -0.05) is 19.3 Å². The van der Waals surface area contributed by atoms with Crippen LogP contribution in [0.1, 0.15) is 33.1 Å². The summed E-state index contributed by atoms with van der Waals surface area (Å²) in [6, 6.07) is -0.934. The van der Waals surface area contributed by atoms with Gasteiger partial charge in [-0.25, -0.2) is 15.1 Å². The zero-order chi connectivity index (χ0) is 22.6. The molecule has 0 aliphatic rings. The first kappa shape index (κ1) is 26.6. The summed E-state index contributed by atoms with van der Waals surface area (Å²) in [6.45, 7) is 3.91. The lowest BCUT2D eigenvalue weighted by Crippen LogP contribution is -2.55. The molecule has 166 valence electrons. The summed E-state index contributed by atoms with van der Waals surface area (Å²) in [6.07, 6.45) is 0.822. The van der Waals surface area contributed by atoms with Crippen molar-refractivity contribution in [3.8, 4) is 0 Å². The van der Waals surface area contributed by atoms with Gasteiger partial charge in [0.1, 0.15) is 6.04 Å². The summed E-state index contributed by atoms with van der Waals surface area (Å²) < 4.78 is 0. The standard InChI is InChI=1S/C15H32BN7O6/c1-10(2)8-12(16(26)27)20-14(25)11(19-13(24)9-22(3)4)6-5-7-18-15(17)21-23(28)29/h10-12,26-27H,5-9H2,1-4H3,(H,19,24)(H,20,25)(H3,17,18,21)/t11-,12-/m0/s1. The van der Waals surface area contributed by atoms with Gasteiger partial charge in [-0.2, -0.15) is 0 Å². The van der Waals surface area contributed by atoms with E-state index >= 15 is 0 Å². The van der Waals surface area contributed by atoms with E-state index in [1.54, 1.807) is 24.4 Å². The van der Waals surface area contributed by atoms with Crippen LogP contribution < -0.4 is 21.8 Å².